The first-order valence-electron chi connectivity index (χ1n) is 7.61. The smallest absolute Gasteiger partial charge is 0.119 e. The van der Waals surface area contributed by atoms with E-state index in [-0.39, 0.29) is 5.92 Å². The second kappa shape index (κ2) is 5.85. The molecule has 3 unspecified atom stereocenters. The summed E-state index contributed by atoms with van der Waals surface area (Å²) in [6, 6.07) is 9.78. The molecule has 3 nitrogen and oxygen atoms in total. The van der Waals surface area contributed by atoms with Gasteiger partial charge in [-0.1, -0.05) is 12.5 Å². The Balaban J connectivity index is 1.67. The number of nitrogens with one attached hydrogen (secondary N) is 1. The van der Waals surface area contributed by atoms with Gasteiger partial charge in [0.25, 0.3) is 0 Å². The lowest BCUT2D eigenvalue weighted by atomic mass is 9.87. The minimum absolute atomic E-state index is 0.210. The van der Waals surface area contributed by atoms with Crippen molar-refractivity contribution in [3.63, 3.8) is 0 Å². The summed E-state index contributed by atoms with van der Waals surface area (Å²) in [7, 11) is 1.72. The van der Waals surface area contributed by atoms with Crippen molar-refractivity contribution in [3.05, 3.63) is 29.3 Å². The number of ether oxygens (including phenoxy) is 1. The molecule has 2 aliphatic carbocycles. The zero-order valence-corrected chi connectivity index (χ0v) is 12.1. The Labute approximate surface area is 120 Å². The van der Waals surface area contributed by atoms with E-state index in [0.29, 0.717) is 12.1 Å². The Morgan fingerprint density at radius 1 is 1.25 bits per heavy atom. The van der Waals surface area contributed by atoms with Crippen LogP contribution in [-0.2, 0) is 12.8 Å². The Morgan fingerprint density at radius 2 is 2.15 bits per heavy atom. The number of methoxy groups -OCH3 is 1. The number of rotatable bonds is 3. The van der Waals surface area contributed by atoms with E-state index in [9.17, 15) is 5.26 Å². The topological polar surface area (TPSA) is 45.0 Å². The summed E-state index contributed by atoms with van der Waals surface area (Å²) >= 11 is 0. The fourth-order valence-corrected chi connectivity index (χ4v) is 3.62. The number of nitriles is 1. The highest BCUT2D eigenvalue weighted by Crippen LogP contribution is 2.29. The molecule has 106 valence electrons. The van der Waals surface area contributed by atoms with Crippen LogP contribution in [0.4, 0.5) is 0 Å². The fraction of sp³-hybridized carbons (Fsp3) is 0.588. The second-order valence-corrected chi connectivity index (χ2v) is 6.01. The van der Waals surface area contributed by atoms with E-state index in [2.05, 4.69) is 29.6 Å². The van der Waals surface area contributed by atoms with E-state index in [4.69, 9.17) is 4.74 Å². The molecule has 1 N–H and O–H groups in total. The first kappa shape index (κ1) is 13.5. The van der Waals surface area contributed by atoms with Crippen LogP contribution in [0, 0.1) is 17.2 Å². The van der Waals surface area contributed by atoms with Crippen molar-refractivity contribution in [2.45, 2.75) is 50.6 Å². The molecule has 0 aliphatic heterocycles. The summed E-state index contributed by atoms with van der Waals surface area (Å²) in [4.78, 5) is 0. The fourth-order valence-electron chi connectivity index (χ4n) is 3.62. The van der Waals surface area contributed by atoms with Crippen LogP contribution >= 0.6 is 0 Å². The summed E-state index contributed by atoms with van der Waals surface area (Å²) in [6.45, 7) is 0. The van der Waals surface area contributed by atoms with Crippen molar-refractivity contribution in [2.75, 3.05) is 7.11 Å². The first-order valence-corrected chi connectivity index (χ1v) is 7.61. The van der Waals surface area contributed by atoms with Gasteiger partial charge in [0.1, 0.15) is 5.75 Å². The molecule has 0 saturated heterocycles. The molecule has 1 saturated carbocycles. The van der Waals surface area contributed by atoms with Crippen molar-refractivity contribution >= 4 is 0 Å². The van der Waals surface area contributed by atoms with E-state index >= 15 is 0 Å². The molecule has 0 heterocycles. The van der Waals surface area contributed by atoms with Crippen molar-refractivity contribution in [2.24, 2.45) is 5.92 Å². The number of hydrogen-bond acceptors (Lipinski definition) is 3. The Kier molecular flexibility index (Phi) is 3.93. The number of fused-ring (bicyclic) bond motifs is 1. The monoisotopic (exact) mass is 270 g/mol. The lowest BCUT2D eigenvalue weighted by Gasteiger charge is -2.29. The lowest BCUT2D eigenvalue weighted by Crippen LogP contribution is -2.43. The van der Waals surface area contributed by atoms with Gasteiger partial charge in [-0.3, -0.25) is 0 Å². The van der Waals surface area contributed by atoms with Gasteiger partial charge in [0, 0.05) is 12.1 Å². The van der Waals surface area contributed by atoms with E-state index < -0.39 is 0 Å². The normalized spacial score (nSPS) is 28.7. The highest BCUT2D eigenvalue weighted by atomic mass is 16.5. The van der Waals surface area contributed by atoms with Crippen molar-refractivity contribution in [1.82, 2.24) is 5.32 Å². The maximum atomic E-state index is 9.19. The average Bonchev–Trinajstić information content (AvgIpc) is 2.93. The molecule has 2 aliphatic rings. The van der Waals surface area contributed by atoms with Gasteiger partial charge in [-0.15, -0.1) is 0 Å². The molecule has 0 aromatic heterocycles. The summed E-state index contributed by atoms with van der Waals surface area (Å²) in [5, 5.41) is 12.9. The van der Waals surface area contributed by atoms with Crippen LogP contribution in [-0.4, -0.2) is 19.2 Å². The molecule has 1 aromatic carbocycles. The van der Waals surface area contributed by atoms with Crippen LogP contribution in [0.5, 0.6) is 5.75 Å². The van der Waals surface area contributed by atoms with Crippen molar-refractivity contribution < 1.29 is 4.74 Å². The second-order valence-electron chi connectivity index (χ2n) is 6.01. The molecule has 0 amide bonds. The molecule has 0 radical (unpaired) electrons. The Hall–Kier alpha value is -1.53. The van der Waals surface area contributed by atoms with Crippen molar-refractivity contribution in [1.29, 1.82) is 5.26 Å². The predicted octanol–water partition coefficient (Wildman–Crippen LogP) is 2.83. The highest BCUT2D eigenvalue weighted by Gasteiger charge is 2.30. The predicted molar refractivity (Wildman–Crippen MR) is 78.7 cm³/mol. The molecular weight excluding hydrogens is 248 g/mol. The van der Waals surface area contributed by atoms with Gasteiger partial charge in [-0.25, -0.2) is 0 Å². The van der Waals surface area contributed by atoms with Crippen LogP contribution < -0.4 is 10.1 Å². The highest BCUT2D eigenvalue weighted by molar-refractivity contribution is 5.38. The first-order chi connectivity index (χ1) is 9.80. The maximum absolute atomic E-state index is 9.19. The molecule has 1 aromatic rings. The largest absolute Gasteiger partial charge is 0.497 e. The molecule has 20 heavy (non-hydrogen) atoms. The summed E-state index contributed by atoms with van der Waals surface area (Å²) in [5.41, 5.74) is 2.85. The summed E-state index contributed by atoms with van der Waals surface area (Å²) < 4.78 is 5.32. The molecule has 3 atom stereocenters. The third kappa shape index (κ3) is 2.66. The van der Waals surface area contributed by atoms with Crippen LogP contribution in [0.15, 0.2) is 18.2 Å². The molecule has 1 fully saturated rings. The summed E-state index contributed by atoms with van der Waals surface area (Å²) in [5.74, 6) is 1.15. The molecule has 0 bridgehead atoms. The molecule has 0 spiro atoms. The van der Waals surface area contributed by atoms with Gasteiger partial charge < -0.3 is 10.1 Å². The minimum Gasteiger partial charge on any atom is -0.497 e. The maximum Gasteiger partial charge on any atom is 0.119 e. The standard InChI is InChI=1S/C17H22N2O/c1-20-16-8-6-12-5-7-15(9-14(12)10-16)19-17-4-2-3-13(17)11-18/h6,8,10,13,15,17,19H,2-5,7,9H2,1H3. The van der Waals surface area contributed by atoms with Gasteiger partial charge >= 0.3 is 0 Å². The van der Waals surface area contributed by atoms with E-state index in [1.807, 2.05) is 0 Å². The third-order valence-electron chi connectivity index (χ3n) is 4.77. The number of hydrogen-bond donors (Lipinski definition) is 1. The van der Waals surface area contributed by atoms with Crippen LogP contribution in [0.25, 0.3) is 0 Å². The molecule has 3 heteroatoms. The summed E-state index contributed by atoms with van der Waals surface area (Å²) in [6.07, 6.45) is 6.76. The van der Waals surface area contributed by atoms with Gasteiger partial charge in [-0.05, 0) is 55.4 Å². The van der Waals surface area contributed by atoms with Gasteiger partial charge in [0.2, 0.25) is 0 Å². The Bertz CT molecular complexity index is 520. The third-order valence-corrected chi connectivity index (χ3v) is 4.77. The quantitative estimate of drug-likeness (QED) is 0.918. The number of nitrogens with zero attached hydrogens (tertiary/aromatic N) is 1. The number of aryl methyl sites for hydroxylation is 1. The molecular formula is C17H22N2O. The Morgan fingerprint density at radius 3 is 2.95 bits per heavy atom. The van der Waals surface area contributed by atoms with Crippen LogP contribution in [0.3, 0.4) is 0 Å². The zero-order chi connectivity index (χ0) is 13.9. The van der Waals surface area contributed by atoms with Gasteiger partial charge in [0.05, 0.1) is 19.1 Å². The van der Waals surface area contributed by atoms with Crippen LogP contribution in [0.2, 0.25) is 0 Å². The lowest BCUT2D eigenvalue weighted by molar-refractivity contribution is 0.366. The van der Waals surface area contributed by atoms with Gasteiger partial charge in [-0.2, -0.15) is 5.26 Å². The zero-order valence-electron chi connectivity index (χ0n) is 12.1. The minimum atomic E-state index is 0.210. The van der Waals surface area contributed by atoms with E-state index in [1.165, 1.54) is 24.0 Å². The molecule has 3 rings (SSSR count). The SMILES string of the molecule is COc1ccc2c(c1)CC(NC1CCCC1C#N)CC2. The van der Waals surface area contributed by atoms with Crippen molar-refractivity contribution in [3.8, 4) is 11.8 Å². The van der Waals surface area contributed by atoms with E-state index in [1.54, 1.807) is 7.11 Å². The number of benzene rings is 1. The van der Waals surface area contributed by atoms with Gasteiger partial charge in [0.15, 0.2) is 0 Å². The van der Waals surface area contributed by atoms with E-state index in [0.717, 1.165) is 31.4 Å². The van der Waals surface area contributed by atoms with Crippen LogP contribution in [0.1, 0.15) is 36.8 Å². The average molecular weight is 270 g/mol.